The van der Waals surface area contributed by atoms with Gasteiger partial charge in [-0.05, 0) is 30.3 Å². The van der Waals surface area contributed by atoms with Crippen molar-refractivity contribution in [1.82, 2.24) is 10.3 Å². The van der Waals surface area contributed by atoms with Crippen LogP contribution in [0.1, 0.15) is 12.3 Å². The number of halogens is 1. The SMILES string of the molecule is O=C(CCc1ncc(-c2ccc(F)cc2)o1)NCCNc1ccccc1[N+](=O)[O-]. The van der Waals surface area contributed by atoms with Crippen LogP contribution in [0.3, 0.4) is 0 Å². The van der Waals surface area contributed by atoms with Crippen molar-refractivity contribution in [2.45, 2.75) is 12.8 Å². The van der Waals surface area contributed by atoms with Gasteiger partial charge in [-0.3, -0.25) is 14.9 Å². The number of nitrogens with zero attached hydrogens (tertiary/aromatic N) is 2. The first-order valence-corrected chi connectivity index (χ1v) is 8.97. The summed E-state index contributed by atoms with van der Waals surface area (Å²) in [5, 5.41) is 16.6. The molecule has 0 spiro atoms. The molecule has 0 aliphatic heterocycles. The second-order valence-corrected chi connectivity index (χ2v) is 6.18. The summed E-state index contributed by atoms with van der Waals surface area (Å²) in [4.78, 5) is 26.6. The van der Waals surface area contributed by atoms with Crippen LogP contribution in [0.15, 0.2) is 59.1 Å². The van der Waals surface area contributed by atoms with Crippen molar-refractivity contribution in [1.29, 1.82) is 0 Å². The van der Waals surface area contributed by atoms with Crippen molar-refractivity contribution in [3.8, 4) is 11.3 Å². The van der Waals surface area contributed by atoms with Crippen molar-refractivity contribution < 1.29 is 18.5 Å². The van der Waals surface area contributed by atoms with Gasteiger partial charge in [-0.2, -0.15) is 0 Å². The molecule has 0 unspecified atom stereocenters. The third-order valence-corrected chi connectivity index (χ3v) is 4.11. The van der Waals surface area contributed by atoms with E-state index in [4.69, 9.17) is 4.42 Å². The van der Waals surface area contributed by atoms with Gasteiger partial charge in [0.05, 0.1) is 11.1 Å². The van der Waals surface area contributed by atoms with Crippen LogP contribution in [0.4, 0.5) is 15.8 Å². The van der Waals surface area contributed by atoms with E-state index in [0.717, 1.165) is 0 Å². The zero-order valence-corrected chi connectivity index (χ0v) is 15.4. The number of anilines is 1. The van der Waals surface area contributed by atoms with Crippen molar-refractivity contribution in [2.75, 3.05) is 18.4 Å². The number of nitro groups is 1. The van der Waals surface area contributed by atoms with E-state index in [0.29, 0.717) is 42.4 Å². The third kappa shape index (κ3) is 5.61. The van der Waals surface area contributed by atoms with Gasteiger partial charge in [-0.15, -0.1) is 0 Å². The first kappa shape index (κ1) is 20.0. The van der Waals surface area contributed by atoms with E-state index < -0.39 is 4.92 Å². The lowest BCUT2D eigenvalue weighted by molar-refractivity contribution is -0.384. The summed E-state index contributed by atoms with van der Waals surface area (Å²) in [6.07, 6.45) is 2.05. The molecule has 0 bridgehead atoms. The number of nitrogens with one attached hydrogen (secondary N) is 2. The molecular weight excluding hydrogens is 379 g/mol. The Morgan fingerprint density at radius 3 is 2.66 bits per heavy atom. The molecule has 150 valence electrons. The van der Waals surface area contributed by atoms with E-state index in [9.17, 15) is 19.3 Å². The third-order valence-electron chi connectivity index (χ3n) is 4.11. The van der Waals surface area contributed by atoms with Crippen LogP contribution in [-0.2, 0) is 11.2 Å². The number of carbonyl (C=O) groups excluding carboxylic acids is 1. The van der Waals surface area contributed by atoms with Gasteiger partial charge in [0.15, 0.2) is 11.7 Å². The monoisotopic (exact) mass is 398 g/mol. The Balaban J connectivity index is 1.41. The summed E-state index contributed by atoms with van der Waals surface area (Å²) in [5.41, 5.74) is 1.09. The molecule has 8 nitrogen and oxygen atoms in total. The summed E-state index contributed by atoms with van der Waals surface area (Å²) < 4.78 is 18.6. The van der Waals surface area contributed by atoms with Crippen LogP contribution in [-0.4, -0.2) is 28.9 Å². The smallest absolute Gasteiger partial charge is 0.292 e. The maximum Gasteiger partial charge on any atom is 0.292 e. The highest BCUT2D eigenvalue weighted by Gasteiger charge is 2.12. The van der Waals surface area contributed by atoms with E-state index >= 15 is 0 Å². The number of nitro benzene ring substituents is 1. The van der Waals surface area contributed by atoms with Gasteiger partial charge in [0.25, 0.3) is 5.69 Å². The lowest BCUT2D eigenvalue weighted by Gasteiger charge is -2.08. The van der Waals surface area contributed by atoms with Crippen LogP contribution in [0.2, 0.25) is 0 Å². The fourth-order valence-electron chi connectivity index (χ4n) is 2.66. The first-order valence-electron chi connectivity index (χ1n) is 8.97. The van der Waals surface area contributed by atoms with Crippen molar-refractivity contribution >= 4 is 17.3 Å². The normalized spacial score (nSPS) is 10.5. The molecule has 1 aromatic heterocycles. The fraction of sp³-hybridized carbons (Fsp3) is 0.200. The topological polar surface area (TPSA) is 110 Å². The van der Waals surface area contributed by atoms with E-state index in [1.807, 2.05) is 0 Å². The largest absolute Gasteiger partial charge is 0.441 e. The van der Waals surface area contributed by atoms with E-state index in [1.54, 1.807) is 30.3 Å². The van der Waals surface area contributed by atoms with Gasteiger partial charge in [-0.25, -0.2) is 9.37 Å². The average molecular weight is 398 g/mol. The van der Waals surface area contributed by atoms with E-state index in [2.05, 4.69) is 15.6 Å². The molecule has 0 aliphatic rings. The standard InChI is InChI=1S/C20H19FN4O4/c21-15-7-5-14(6-8-15)18-13-24-20(29-18)10-9-19(26)23-12-11-22-16-3-1-2-4-17(16)25(27)28/h1-8,13,22H,9-12H2,(H,23,26). The van der Waals surface area contributed by atoms with Crippen LogP contribution < -0.4 is 10.6 Å². The molecule has 0 saturated carbocycles. The zero-order valence-electron chi connectivity index (χ0n) is 15.4. The molecule has 2 aromatic carbocycles. The molecule has 0 saturated heterocycles. The Morgan fingerprint density at radius 2 is 1.90 bits per heavy atom. The Bertz CT molecular complexity index is 988. The highest BCUT2D eigenvalue weighted by molar-refractivity contribution is 5.76. The number of carbonyl (C=O) groups is 1. The minimum Gasteiger partial charge on any atom is -0.441 e. The summed E-state index contributed by atoms with van der Waals surface area (Å²) in [6, 6.07) is 12.2. The summed E-state index contributed by atoms with van der Waals surface area (Å²) in [5.74, 6) is 0.406. The van der Waals surface area contributed by atoms with Gasteiger partial charge in [0, 0.05) is 37.6 Å². The maximum atomic E-state index is 13.0. The zero-order chi connectivity index (χ0) is 20.6. The molecule has 3 aromatic rings. The highest BCUT2D eigenvalue weighted by Crippen LogP contribution is 2.23. The second kappa shape index (κ2) is 9.45. The predicted octanol–water partition coefficient (Wildman–Crippen LogP) is 3.55. The number of rotatable bonds is 9. The lowest BCUT2D eigenvalue weighted by atomic mass is 10.2. The Kier molecular flexibility index (Phi) is 6.51. The van der Waals surface area contributed by atoms with Crippen LogP contribution in [0.5, 0.6) is 0 Å². The molecule has 0 radical (unpaired) electrons. The Hall–Kier alpha value is -3.75. The molecule has 0 fully saturated rings. The quantitative estimate of drug-likeness (QED) is 0.324. The molecule has 1 heterocycles. The predicted molar refractivity (Wildman–Crippen MR) is 105 cm³/mol. The van der Waals surface area contributed by atoms with Gasteiger partial charge >= 0.3 is 0 Å². The summed E-state index contributed by atoms with van der Waals surface area (Å²) >= 11 is 0. The first-order chi connectivity index (χ1) is 14.0. The molecule has 3 rings (SSSR count). The summed E-state index contributed by atoms with van der Waals surface area (Å²) in [7, 11) is 0. The van der Waals surface area contributed by atoms with Crippen LogP contribution in [0, 0.1) is 15.9 Å². The lowest BCUT2D eigenvalue weighted by Crippen LogP contribution is -2.29. The van der Waals surface area contributed by atoms with Crippen molar-refractivity contribution in [2.24, 2.45) is 0 Å². The molecule has 2 N–H and O–H groups in total. The number of para-hydroxylation sites is 2. The number of benzene rings is 2. The Morgan fingerprint density at radius 1 is 1.14 bits per heavy atom. The summed E-state index contributed by atoms with van der Waals surface area (Å²) in [6.45, 7) is 0.668. The highest BCUT2D eigenvalue weighted by atomic mass is 19.1. The minimum absolute atomic E-state index is 0.0142. The second-order valence-electron chi connectivity index (χ2n) is 6.18. The van der Waals surface area contributed by atoms with Crippen LogP contribution >= 0.6 is 0 Å². The van der Waals surface area contributed by atoms with Gasteiger partial charge < -0.3 is 15.1 Å². The number of aromatic nitrogens is 1. The molecule has 9 heteroatoms. The van der Waals surface area contributed by atoms with Crippen molar-refractivity contribution in [3.63, 3.8) is 0 Å². The molecule has 0 atom stereocenters. The number of hydrogen-bond donors (Lipinski definition) is 2. The number of hydrogen-bond acceptors (Lipinski definition) is 6. The maximum absolute atomic E-state index is 13.0. The van der Waals surface area contributed by atoms with Gasteiger partial charge in [-0.1, -0.05) is 12.1 Å². The Labute approximate surface area is 165 Å². The van der Waals surface area contributed by atoms with Crippen LogP contribution in [0.25, 0.3) is 11.3 Å². The fourth-order valence-corrected chi connectivity index (χ4v) is 2.66. The van der Waals surface area contributed by atoms with E-state index in [-0.39, 0.29) is 23.8 Å². The van der Waals surface area contributed by atoms with Gasteiger partial charge in [0.1, 0.15) is 11.5 Å². The molecule has 0 aliphatic carbocycles. The van der Waals surface area contributed by atoms with Gasteiger partial charge in [0.2, 0.25) is 5.91 Å². The van der Waals surface area contributed by atoms with E-state index in [1.165, 1.54) is 24.4 Å². The molecular formula is C20H19FN4O4. The number of aryl methyl sites for hydroxylation is 1. The minimum atomic E-state index is -0.461. The number of oxazole rings is 1. The average Bonchev–Trinajstić information content (AvgIpc) is 3.19. The molecule has 1 amide bonds. The van der Waals surface area contributed by atoms with Crippen molar-refractivity contribution in [3.05, 3.63) is 76.6 Å². The molecule has 29 heavy (non-hydrogen) atoms. The number of amides is 1.